The lowest BCUT2D eigenvalue weighted by Crippen LogP contribution is -2.32. The summed E-state index contributed by atoms with van der Waals surface area (Å²) in [6.45, 7) is 1.53. The van der Waals surface area contributed by atoms with Crippen molar-refractivity contribution in [3.05, 3.63) is 42.4 Å². The molecule has 1 saturated heterocycles. The molecule has 3 heterocycles. The van der Waals surface area contributed by atoms with Crippen LogP contribution in [0.25, 0.3) is 0 Å². The number of likely N-dealkylation sites (tertiary alicyclic amines) is 1. The van der Waals surface area contributed by atoms with E-state index in [2.05, 4.69) is 19.9 Å². The van der Waals surface area contributed by atoms with Crippen LogP contribution >= 0.6 is 0 Å². The Kier molecular flexibility index (Phi) is 5.53. The van der Waals surface area contributed by atoms with E-state index in [1.807, 2.05) is 36.3 Å². The minimum absolute atomic E-state index is 0.0242. The molecule has 25 heavy (non-hydrogen) atoms. The second-order valence-corrected chi connectivity index (χ2v) is 6.64. The van der Waals surface area contributed by atoms with Crippen molar-refractivity contribution in [3.8, 4) is 0 Å². The van der Waals surface area contributed by atoms with Crippen LogP contribution in [0, 0.1) is 5.92 Å². The number of hydrogen-bond donors (Lipinski definition) is 0. The van der Waals surface area contributed by atoms with Crippen LogP contribution in [0.4, 0.5) is 5.82 Å². The molecule has 1 atom stereocenters. The highest BCUT2D eigenvalue weighted by Gasteiger charge is 2.23. The summed E-state index contributed by atoms with van der Waals surface area (Å²) in [4.78, 5) is 33.4. The van der Waals surface area contributed by atoms with Gasteiger partial charge >= 0.3 is 0 Å². The Labute approximate surface area is 148 Å². The fourth-order valence-electron chi connectivity index (χ4n) is 3.12. The van der Waals surface area contributed by atoms with E-state index < -0.39 is 0 Å². The van der Waals surface area contributed by atoms with Gasteiger partial charge in [-0.05, 0) is 31.6 Å². The molecule has 1 aliphatic rings. The summed E-state index contributed by atoms with van der Waals surface area (Å²) >= 11 is 0. The van der Waals surface area contributed by atoms with Crippen LogP contribution in [0.5, 0.6) is 0 Å². The van der Waals surface area contributed by atoms with Crippen LogP contribution in [0.1, 0.15) is 35.4 Å². The Morgan fingerprint density at radius 3 is 2.68 bits per heavy atom. The first kappa shape index (κ1) is 17.3. The fourth-order valence-corrected chi connectivity index (χ4v) is 3.12. The van der Waals surface area contributed by atoms with Crippen molar-refractivity contribution in [2.75, 3.05) is 32.1 Å². The quantitative estimate of drug-likeness (QED) is 0.845. The number of carbonyl (C=O) groups is 1. The molecule has 3 rings (SSSR count). The standard InChI is InChI=1S/C18H24N6O/c1-23(2)17-13-21-15(11-22-17)10-14-4-3-8-24(9-5-14)18(25)16-12-19-6-7-20-16/h6-7,11-14H,3-5,8-10H2,1-2H3/t14-/m0/s1. The van der Waals surface area contributed by atoms with Crippen molar-refractivity contribution in [2.24, 2.45) is 5.92 Å². The molecular formula is C18H24N6O. The number of rotatable bonds is 4. The van der Waals surface area contributed by atoms with E-state index in [0.717, 1.165) is 50.3 Å². The summed E-state index contributed by atoms with van der Waals surface area (Å²) < 4.78 is 0. The second kappa shape index (κ2) is 8.00. The molecule has 2 aromatic heterocycles. The number of anilines is 1. The zero-order valence-electron chi connectivity index (χ0n) is 14.8. The molecule has 0 aliphatic carbocycles. The molecule has 0 saturated carbocycles. The van der Waals surface area contributed by atoms with E-state index in [4.69, 9.17) is 0 Å². The molecule has 0 aromatic carbocycles. The summed E-state index contributed by atoms with van der Waals surface area (Å²) in [6, 6.07) is 0. The van der Waals surface area contributed by atoms with Gasteiger partial charge in [-0.1, -0.05) is 0 Å². The van der Waals surface area contributed by atoms with Crippen molar-refractivity contribution in [1.82, 2.24) is 24.8 Å². The van der Waals surface area contributed by atoms with Gasteiger partial charge in [-0.2, -0.15) is 0 Å². The van der Waals surface area contributed by atoms with E-state index >= 15 is 0 Å². The van der Waals surface area contributed by atoms with E-state index in [-0.39, 0.29) is 5.91 Å². The highest BCUT2D eigenvalue weighted by molar-refractivity contribution is 5.91. The van der Waals surface area contributed by atoms with Crippen LogP contribution in [0.15, 0.2) is 31.0 Å². The van der Waals surface area contributed by atoms with Gasteiger partial charge in [0.05, 0.1) is 24.3 Å². The molecule has 1 amide bonds. The first-order valence-electron chi connectivity index (χ1n) is 8.67. The predicted molar refractivity (Wildman–Crippen MR) is 95.3 cm³/mol. The normalized spacial score (nSPS) is 17.8. The number of hydrogen-bond acceptors (Lipinski definition) is 6. The Hall–Kier alpha value is -2.57. The Bertz CT molecular complexity index is 688. The van der Waals surface area contributed by atoms with Gasteiger partial charge in [-0.3, -0.25) is 14.8 Å². The van der Waals surface area contributed by atoms with E-state index in [0.29, 0.717) is 11.6 Å². The van der Waals surface area contributed by atoms with Crippen molar-refractivity contribution in [3.63, 3.8) is 0 Å². The Morgan fingerprint density at radius 1 is 1.12 bits per heavy atom. The van der Waals surface area contributed by atoms with Crippen molar-refractivity contribution < 1.29 is 4.79 Å². The third kappa shape index (κ3) is 4.49. The van der Waals surface area contributed by atoms with E-state index in [9.17, 15) is 4.79 Å². The summed E-state index contributed by atoms with van der Waals surface area (Å²) in [5.41, 5.74) is 1.44. The minimum Gasteiger partial charge on any atom is -0.361 e. The van der Waals surface area contributed by atoms with Gasteiger partial charge in [0.2, 0.25) is 0 Å². The molecule has 0 N–H and O–H groups in total. The van der Waals surface area contributed by atoms with E-state index in [1.165, 1.54) is 6.20 Å². The highest BCUT2D eigenvalue weighted by Crippen LogP contribution is 2.22. The first-order valence-corrected chi connectivity index (χ1v) is 8.67. The molecular weight excluding hydrogens is 316 g/mol. The minimum atomic E-state index is -0.0242. The summed E-state index contributed by atoms with van der Waals surface area (Å²) in [5, 5.41) is 0. The van der Waals surface area contributed by atoms with Crippen LogP contribution in [-0.4, -0.2) is 57.9 Å². The van der Waals surface area contributed by atoms with Gasteiger partial charge in [0.15, 0.2) is 0 Å². The fraction of sp³-hybridized carbons (Fsp3) is 0.500. The van der Waals surface area contributed by atoms with Crippen molar-refractivity contribution in [1.29, 1.82) is 0 Å². The van der Waals surface area contributed by atoms with Crippen molar-refractivity contribution in [2.45, 2.75) is 25.7 Å². The van der Waals surface area contributed by atoms with Gasteiger partial charge in [0.25, 0.3) is 5.91 Å². The van der Waals surface area contributed by atoms with Crippen LogP contribution < -0.4 is 4.90 Å². The lowest BCUT2D eigenvalue weighted by molar-refractivity contribution is 0.0753. The topological polar surface area (TPSA) is 75.1 Å². The first-order chi connectivity index (χ1) is 12.1. The number of carbonyl (C=O) groups excluding carboxylic acids is 1. The van der Waals surface area contributed by atoms with Gasteiger partial charge in [-0.15, -0.1) is 0 Å². The Balaban J connectivity index is 1.57. The molecule has 132 valence electrons. The van der Waals surface area contributed by atoms with Gasteiger partial charge < -0.3 is 9.80 Å². The molecule has 0 bridgehead atoms. The molecule has 2 aromatic rings. The summed E-state index contributed by atoms with van der Waals surface area (Å²) in [5.74, 6) is 1.37. The van der Waals surface area contributed by atoms with Gasteiger partial charge in [0, 0.05) is 39.6 Å². The number of aromatic nitrogens is 4. The maximum atomic E-state index is 12.5. The SMILES string of the molecule is CN(C)c1cnc(C[C@H]2CCCN(C(=O)c3cnccn3)CC2)cn1. The molecule has 0 radical (unpaired) electrons. The maximum Gasteiger partial charge on any atom is 0.274 e. The lowest BCUT2D eigenvalue weighted by Gasteiger charge is -2.20. The monoisotopic (exact) mass is 340 g/mol. The maximum absolute atomic E-state index is 12.5. The number of amides is 1. The molecule has 0 unspecified atom stereocenters. The van der Waals surface area contributed by atoms with Gasteiger partial charge in [0.1, 0.15) is 11.5 Å². The van der Waals surface area contributed by atoms with Crippen LogP contribution in [0.3, 0.4) is 0 Å². The molecule has 7 heteroatoms. The molecule has 1 fully saturated rings. The molecule has 1 aliphatic heterocycles. The van der Waals surface area contributed by atoms with Crippen molar-refractivity contribution >= 4 is 11.7 Å². The van der Waals surface area contributed by atoms with Crippen LogP contribution in [-0.2, 0) is 6.42 Å². The average Bonchev–Trinajstić information content (AvgIpc) is 2.88. The lowest BCUT2D eigenvalue weighted by atomic mass is 9.95. The zero-order valence-corrected chi connectivity index (χ0v) is 14.8. The molecule has 0 spiro atoms. The smallest absolute Gasteiger partial charge is 0.274 e. The van der Waals surface area contributed by atoms with Crippen LogP contribution in [0.2, 0.25) is 0 Å². The largest absolute Gasteiger partial charge is 0.361 e. The van der Waals surface area contributed by atoms with Gasteiger partial charge in [-0.25, -0.2) is 9.97 Å². The summed E-state index contributed by atoms with van der Waals surface area (Å²) in [6.07, 6.45) is 12.3. The number of nitrogens with zero attached hydrogens (tertiary/aromatic N) is 6. The zero-order chi connectivity index (χ0) is 17.6. The summed E-state index contributed by atoms with van der Waals surface area (Å²) in [7, 11) is 3.91. The Morgan fingerprint density at radius 2 is 2.00 bits per heavy atom. The third-order valence-electron chi connectivity index (χ3n) is 4.56. The third-order valence-corrected chi connectivity index (χ3v) is 4.56. The average molecular weight is 340 g/mol. The second-order valence-electron chi connectivity index (χ2n) is 6.64. The molecule has 7 nitrogen and oxygen atoms in total. The van der Waals surface area contributed by atoms with E-state index in [1.54, 1.807) is 12.4 Å². The predicted octanol–water partition coefficient (Wildman–Crippen LogP) is 1.82. The highest BCUT2D eigenvalue weighted by atomic mass is 16.2.